The van der Waals surface area contributed by atoms with Crippen LogP contribution in [-0.2, 0) is 9.84 Å². The minimum atomic E-state index is -3.40. The van der Waals surface area contributed by atoms with Gasteiger partial charge in [-0.2, -0.15) is 0 Å². The van der Waals surface area contributed by atoms with Gasteiger partial charge in [-0.1, -0.05) is 44.7 Å². The molecule has 0 saturated carbocycles. The predicted octanol–water partition coefficient (Wildman–Crippen LogP) is 4.30. The van der Waals surface area contributed by atoms with E-state index >= 15 is 0 Å². The van der Waals surface area contributed by atoms with Crippen LogP contribution < -0.4 is 5.73 Å². The molecule has 0 unspecified atom stereocenters. The SMILES string of the molecule is C=C(O)C(N)=CC(=Nc1ccccc1C(C)C)c1nnc(-c2cccc(S(C)(=O)=O)c2)o1. The van der Waals surface area contributed by atoms with Gasteiger partial charge >= 0.3 is 0 Å². The van der Waals surface area contributed by atoms with E-state index in [0.29, 0.717) is 11.3 Å². The molecule has 1 heterocycles. The van der Waals surface area contributed by atoms with Crippen molar-refractivity contribution in [1.29, 1.82) is 0 Å². The number of allylic oxidation sites excluding steroid dienone is 1. The van der Waals surface area contributed by atoms with Crippen LogP contribution in [0.2, 0.25) is 0 Å². The predicted molar refractivity (Wildman–Crippen MR) is 124 cm³/mol. The number of nitrogens with zero attached hydrogens (tertiary/aromatic N) is 3. The van der Waals surface area contributed by atoms with E-state index in [9.17, 15) is 13.5 Å². The monoisotopic (exact) mass is 452 g/mol. The van der Waals surface area contributed by atoms with Gasteiger partial charge in [-0.15, -0.1) is 10.2 Å². The van der Waals surface area contributed by atoms with E-state index in [4.69, 9.17) is 10.2 Å². The number of aliphatic imine (C=N–C) groups is 1. The Labute approximate surface area is 186 Å². The average molecular weight is 453 g/mol. The summed E-state index contributed by atoms with van der Waals surface area (Å²) < 4.78 is 29.5. The molecule has 0 fully saturated rings. The molecule has 0 aliphatic carbocycles. The number of hydrogen-bond acceptors (Lipinski definition) is 8. The summed E-state index contributed by atoms with van der Waals surface area (Å²) in [6.07, 6.45) is 2.52. The van der Waals surface area contributed by atoms with Crippen LogP contribution >= 0.6 is 0 Å². The number of aliphatic hydroxyl groups excluding tert-OH is 1. The number of hydrogen-bond donors (Lipinski definition) is 2. The van der Waals surface area contributed by atoms with Crippen LogP contribution in [0, 0.1) is 0 Å². The molecule has 0 bridgehead atoms. The summed E-state index contributed by atoms with van der Waals surface area (Å²) in [5.41, 5.74) is 8.21. The molecule has 9 heteroatoms. The molecular formula is C23H24N4O4S. The lowest BCUT2D eigenvalue weighted by molar-refractivity contribution is 0.425. The lowest BCUT2D eigenvalue weighted by Crippen LogP contribution is -2.06. The number of nitrogens with two attached hydrogens (primary N) is 1. The fourth-order valence-corrected chi connectivity index (χ4v) is 3.55. The Hall–Kier alpha value is -3.72. The summed E-state index contributed by atoms with van der Waals surface area (Å²) in [5, 5.41) is 17.7. The number of rotatable bonds is 7. The zero-order valence-electron chi connectivity index (χ0n) is 18.0. The van der Waals surface area contributed by atoms with Crippen LogP contribution in [0.15, 0.2) is 86.9 Å². The Balaban J connectivity index is 2.12. The van der Waals surface area contributed by atoms with Gasteiger partial charge < -0.3 is 15.3 Å². The first-order chi connectivity index (χ1) is 15.1. The van der Waals surface area contributed by atoms with E-state index in [1.165, 1.54) is 18.2 Å². The molecule has 0 atom stereocenters. The lowest BCUT2D eigenvalue weighted by atomic mass is 10.0. The second kappa shape index (κ2) is 9.19. The Morgan fingerprint density at radius 2 is 1.91 bits per heavy atom. The van der Waals surface area contributed by atoms with E-state index < -0.39 is 9.84 Å². The molecule has 3 N–H and O–H groups in total. The maximum absolute atomic E-state index is 11.9. The lowest BCUT2D eigenvalue weighted by Gasteiger charge is -2.09. The number of benzene rings is 2. The smallest absolute Gasteiger partial charge is 0.266 e. The normalized spacial score (nSPS) is 12.9. The topological polar surface area (TPSA) is 132 Å². The van der Waals surface area contributed by atoms with Crippen LogP contribution in [-0.4, -0.2) is 35.7 Å². The molecule has 0 spiro atoms. The Kier molecular flexibility index (Phi) is 6.59. The second-order valence-corrected chi connectivity index (χ2v) is 9.49. The summed E-state index contributed by atoms with van der Waals surface area (Å²) >= 11 is 0. The van der Waals surface area contributed by atoms with Gasteiger partial charge in [0.05, 0.1) is 16.3 Å². The van der Waals surface area contributed by atoms with E-state index in [1.54, 1.807) is 12.1 Å². The summed E-state index contributed by atoms with van der Waals surface area (Å²) in [6.45, 7) is 7.52. The summed E-state index contributed by atoms with van der Waals surface area (Å²) in [4.78, 5) is 4.79. The zero-order valence-corrected chi connectivity index (χ0v) is 18.8. The standard InChI is InChI=1S/C23H24N4O4S/c1-14(2)18-10-5-6-11-20(18)25-21(13-19(24)15(3)28)23-27-26-22(31-23)16-8-7-9-17(12-16)32(4,29)30/h5-14,28H,3,24H2,1-2,4H3. The minimum Gasteiger partial charge on any atom is -0.506 e. The van der Waals surface area contributed by atoms with Gasteiger partial charge in [0.25, 0.3) is 5.89 Å². The highest BCUT2D eigenvalue weighted by Crippen LogP contribution is 2.28. The third kappa shape index (κ3) is 5.30. The molecule has 2 aromatic carbocycles. The molecule has 0 aliphatic heterocycles. The van der Waals surface area contributed by atoms with Crippen LogP contribution in [0.3, 0.4) is 0 Å². The maximum atomic E-state index is 11.9. The first-order valence-electron chi connectivity index (χ1n) is 9.73. The van der Waals surface area contributed by atoms with Gasteiger partial charge in [0.15, 0.2) is 9.84 Å². The van der Waals surface area contributed by atoms with E-state index in [1.807, 2.05) is 38.1 Å². The second-order valence-electron chi connectivity index (χ2n) is 7.47. The highest BCUT2D eigenvalue weighted by molar-refractivity contribution is 7.90. The first kappa shape index (κ1) is 23.0. The molecule has 1 aromatic heterocycles. The van der Waals surface area contributed by atoms with E-state index in [2.05, 4.69) is 21.8 Å². The van der Waals surface area contributed by atoms with Crippen molar-refractivity contribution in [2.75, 3.05) is 6.26 Å². The van der Waals surface area contributed by atoms with Crippen molar-refractivity contribution >= 4 is 21.2 Å². The Morgan fingerprint density at radius 1 is 1.19 bits per heavy atom. The van der Waals surface area contributed by atoms with Crippen molar-refractivity contribution in [2.24, 2.45) is 10.7 Å². The van der Waals surface area contributed by atoms with Gasteiger partial charge in [-0.3, -0.25) is 0 Å². The van der Waals surface area contributed by atoms with Gasteiger partial charge in [-0.25, -0.2) is 13.4 Å². The fourth-order valence-electron chi connectivity index (χ4n) is 2.88. The quantitative estimate of drug-likeness (QED) is 0.310. The van der Waals surface area contributed by atoms with Crippen molar-refractivity contribution in [3.05, 3.63) is 84.1 Å². The van der Waals surface area contributed by atoms with Crippen molar-refractivity contribution in [3.8, 4) is 11.5 Å². The first-order valence-corrected chi connectivity index (χ1v) is 11.6. The molecule has 32 heavy (non-hydrogen) atoms. The Morgan fingerprint density at radius 3 is 2.56 bits per heavy atom. The largest absolute Gasteiger partial charge is 0.506 e. The molecular weight excluding hydrogens is 428 g/mol. The highest BCUT2D eigenvalue weighted by atomic mass is 32.2. The van der Waals surface area contributed by atoms with Gasteiger partial charge in [0, 0.05) is 11.8 Å². The summed E-state index contributed by atoms with van der Waals surface area (Å²) in [6, 6.07) is 13.8. The van der Waals surface area contributed by atoms with Gasteiger partial charge in [0.1, 0.15) is 11.5 Å². The number of aliphatic hydroxyl groups is 1. The zero-order chi connectivity index (χ0) is 23.5. The molecule has 0 amide bonds. The van der Waals surface area contributed by atoms with Crippen molar-refractivity contribution in [3.63, 3.8) is 0 Å². The molecule has 0 radical (unpaired) electrons. The summed E-state index contributed by atoms with van der Waals surface area (Å²) in [5.74, 6) is 0.0513. The molecule has 8 nitrogen and oxygen atoms in total. The van der Waals surface area contributed by atoms with E-state index in [-0.39, 0.29) is 39.8 Å². The summed E-state index contributed by atoms with van der Waals surface area (Å²) in [7, 11) is -3.40. The number of para-hydroxylation sites is 1. The van der Waals surface area contributed by atoms with Crippen LogP contribution in [0.25, 0.3) is 11.5 Å². The third-order valence-corrected chi connectivity index (χ3v) is 5.69. The van der Waals surface area contributed by atoms with Crippen molar-refractivity contribution < 1.29 is 17.9 Å². The third-order valence-electron chi connectivity index (χ3n) is 4.58. The van der Waals surface area contributed by atoms with Crippen molar-refractivity contribution in [1.82, 2.24) is 10.2 Å². The highest BCUT2D eigenvalue weighted by Gasteiger charge is 2.17. The molecule has 3 aromatic rings. The maximum Gasteiger partial charge on any atom is 0.266 e. The molecule has 0 aliphatic rings. The minimum absolute atomic E-state index is 0.00963. The van der Waals surface area contributed by atoms with Gasteiger partial charge in [-0.05, 0) is 41.8 Å². The van der Waals surface area contributed by atoms with Crippen LogP contribution in [0.1, 0.15) is 31.2 Å². The molecule has 0 saturated heterocycles. The number of aromatic nitrogens is 2. The van der Waals surface area contributed by atoms with Crippen LogP contribution in [0.5, 0.6) is 0 Å². The fraction of sp³-hybridized carbons (Fsp3) is 0.174. The average Bonchev–Trinajstić information content (AvgIpc) is 3.23. The van der Waals surface area contributed by atoms with Crippen molar-refractivity contribution in [2.45, 2.75) is 24.7 Å². The number of sulfone groups is 1. The molecule has 166 valence electrons. The Bertz CT molecular complexity index is 1320. The van der Waals surface area contributed by atoms with Crippen LogP contribution in [0.4, 0.5) is 5.69 Å². The van der Waals surface area contributed by atoms with Gasteiger partial charge in [0.2, 0.25) is 5.89 Å². The van der Waals surface area contributed by atoms with E-state index in [0.717, 1.165) is 11.8 Å². The molecule has 3 rings (SSSR count).